The number of imide groups is 1. The number of carbonyl (C=O) groups excluding carboxylic acids is 3. The van der Waals surface area contributed by atoms with E-state index in [4.69, 9.17) is 0 Å². The highest BCUT2D eigenvalue weighted by Gasteiger charge is 2.40. The lowest BCUT2D eigenvalue weighted by Crippen LogP contribution is -2.46. The van der Waals surface area contributed by atoms with Gasteiger partial charge >= 0.3 is 0 Å². The van der Waals surface area contributed by atoms with E-state index in [0.29, 0.717) is 11.1 Å². The minimum atomic E-state index is -0.799. The Balaban J connectivity index is 2.40. The Hall–Kier alpha value is -2.17. The largest absolute Gasteiger partial charge is 0.357 e. The molecule has 1 heterocycles. The van der Waals surface area contributed by atoms with Crippen LogP contribution in [0.5, 0.6) is 0 Å². The predicted octanol–water partition coefficient (Wildman–Crippen LogP) is 0.417. The maximum atomic E-state index is 12.0. The van der Waals surface area contributed by atoms with E-state index in [1.807, 2.05) is 0 Å². The van der Waals surface area contributed by atoms with E-state index in [-0.39, 0.29) is 5.91 Å². The number of amides is 3. The van der Waals surface area contributed by atoms with Crippen molar-refractivity contribution in [3.05, 3.63) is 35.4 Å². The summed E-state index contributed by atoms with van der Waals surface area (Å²) < 4.78 is 0. The first-order chi connectivity index (χ1) is 8.07. The molecule has 1 aromatic carbocycles. The van der Waals surface area contributed by atoms with E-state index in [1.54, 1.807) is 24.3 Å². The Kier molecular flexibility index (Phi) is 2.67. The number of nitrogens with zero attached hydrogens (tertiary/aromatic N) is 1. The summed E-state index contributed by atoms with van der Waals surface area (Å²) in [7, 11) is 1.47. The molecule has 3 amide bonds. The average Bonchev–Trinajstić information content (AvgIpc) is 2.61. The highest BCUT2D eigenvalue weighted by molar-refractivity contribution is 6.22. The summed E-state index contributed by atoms with van der Waals surface area (Å²) >= 11 is 0. The molecule has 0 saturated carbocycles. The van der Waals surface area contributed by atoms with Crippen LogP contribution in [-0.4, -0.2) is 35.7 Å². The maximum Gasteiger partial charge on any atom is 0.262 e. The van der Waals surface area contributed by atoms with E-state index in [2.05, 4.69) is 5.32 Å². The fraction of sp³-hybridized carbons (Fsp3) is 0.250. The lowest BCUT2D eigenvalue weighted by molar-refractivity contribution is -0.124. The maximum absolute atomic E-state index is 12.0. The molecule has 1 aromatic rings. The summed E-state index contributed by atoms with van der Waals surface area (Å²) in [6.07, 6.45) is 0. The molecule has 0 aliphatic carbocycles. The van der Waals surface area contributed by atoms with Crippen LogP contribution in [0.15, 0.2) is 24.3 Å². The van der Waals surface area contributed by atoms with Gasteiger partial charge in [-0.1, -0.05) is 12.1 Å². The topological polar surface area (TPSA) is 66.5 Å². The predicted molar refractivity (Wildman–Crippen MR) is 60.5 cm³/mol. The molecule has 5 nitrogen and oxygen atoms in total. The van der Waals surface area contributed by atoms with Crippen LogP contribution in [-0.2, 0) is 4.79 Å². The Bertz CT molecular complexity index is 475. The summed E-state index contributed by atoms with van der Waals surface area (Å²) in [5.74, 6) is -1.19. The number of benzene rings is 1. The van der Waals surface area contributed by atoms with Gasteiger partial charge in [-0.15, -0.1) is 0 Å². The molecule has 0 bridgehead atoms. The van der Waals surface area contributed by atoms with Gasteiger partial charge in [0.25, 0.3) is 11.8 Å². The molecule has 1 atom stereocenters. The molecule has 0 spiro atoms. The lowest BCUT2D eigenvalue weighted by Gasteiger charge is -2.20. The second-order valence-corrected chi connectivity index (χ2v) is 3.82. The molecule has 2 rings (SSSR count). The van der Waals surface area contributed by atoms with Gasteiger partial charge in [-0.05, 0) is 19.1 Å². The summed E-state index contributed by atoms with van der Waals surface area (Å²) in [6.45, 7) is 1.53. The number of hydrogen-bond acceptors (Lipinski definition) is 3. The summed E-state index contributed by atoms with van der Waals surface area (Å²) in [6, 6.07) is 5.77. The first-order valence-corrected chi connectivity index (χ1v) is 5.26. The van der Waals surface area contributed by atoms with Crippen LogP contribution in [0.1, 0.15) is 27.6 Å². The minimum Gasteiger partial charge on any atom is -0.357 e. The van der Waals surface area contributed by atoms with Gasteiger partial charge in [0.05, 0.1) is 11.1 Å². The molecule has 1 N–H and O–H groups in total. The van der Waals surface area contributed by atoms with Crippen LogP contribution < -0.4 is 5.32 Å². The van der Waals surface area contributed by atoms with Gasteiger partial charge in [-0.25, -0.2) is 0 Å². The molecule has 0 saturated heterocycles. The molecule has 1 aliphatic heterocycles. The van der Waals surface area contributed by atoms with E-state index in [0.717, 1.165) is 4.90 Å². The van der Waals surface area contributed by atoms with Crippen LogP contribution in [0.4, 0.5) is 0 Å². The Morgan fingerprint density at radius 1 is 1.18 bits per heavy atom. The van der Waals surface area contributed by atoms with Crippen LogP contribution in [0, 0.1) is 0 Å². The van der Waals surface area contributed by atoms with Crippen molar-refractivity contribution in [3.63, 3.8) is 0 Å². The number of likely N-dealkylation sites (N-methyl/N-ethyl adjacent to an activating group) is 1. The van der Waals surface area contributed by atoms with Gasteiger partial charge in [0.2, 0.25) is 5.91 Å². The van der Waals surface area contributed by atoms with E-state index in [1.165, 1.54) is 14.0 Å². The Morgan fingerprint density at radius 3 is 2.06 bits per heavy atom. The molecule has 0 fully saturated rings. The molecular formula is C12H12N2O3. The summed E-state index contributed by atoms with van der Waals surface area (Å²) in [5, 5.41) is 2.42. The number of hydrogen-bond donors (Lipinski definition) is 1. The van der Waals surface area contributed by atoms with Gasteiger partial charge in [0.15, 0.2) is 0 Å². The molecular weight excluding hydrogens is 220 g/mol. The van der Waals surface area contributed by atoms with Crippen molar-refractivity contribution in [3.8, 4) is 0 Å². The fourth-order valence-corrected chi connectivity index (χ4v) is 1.89. The highest BCUT2D eigenvalue weighted by Crippen LogP contribution is 2.24. The highest BCUT2D eigenvalue weighted by atomic mass is 16.2. The normalized spacial score (nSPS) is 15.8. The zero-order valence-electron chi connectivity index (χ0n) is 9.56. The average molecular weight is 232 g/mol. The molecule has 1 aliphatic rings. The van der Waals surface area contributed by atoms with Gasteiger partial charge < -0.3 is 5.32 Å². The van der Waals surface area contributed by atoms with Gasteiger partial charge in [-0.3, -0.25) is 19.3 Å². The Morgan fingerprint density at radius 2 is 1.65 bits per heavy atom. The molecule has 17 heavy (non-hydrogen) atoms. The molecule has 0 aromatic heterocycles. The number of rotatable bonds is 2. The van der Waals surface area contributed by atoms with Crippen molar-refractivity contribution < 1.29 is 14.4 Å². The van der Waals surface area contributed by atoms with Crippen molar-refractivity contribution in [1.29, 1.82) is 0 Å². The third kappa shape index (κ3) is 1.60. The van der Waals surface area contributed by atoms with Crippen molar-refractivity contribution in [2.75, 3.05) is 7.05 Å². The Labute approximate surface area is 98.4 Å². The second-order valence-electron chi connectivity index (χ2n) is 3.82. The van der Waals surface area contributed by atoms with Crippen molar-refractivity contribution >= 4 is 17.7 Å². The lowest BCUT2D eigenvalue weighted by atomic mass is 10.1. The van der Waals surface area contributed by atoms with Gasteiger partial charge in [-0.2, -0.15) is 0 Å². The first kappa shape index (κ1) is 11.3. The van der Waals surface area contributed by atoms with Gasteiger partial charge in [0, 0.05) is 7.05 Å². The van der Waals surface area contributed by atoms with Crippen LogP contribution in [0.3, 0.4) is 0 Å². The van der Waals surface area contributed by atoms with Crippen molar-refractivity contribution in [2.45, 2.75) is 13.0 Å². The molecule has 88 valence electrons. The fourth-order valence-electron chi connectivity index (χ4n) is 1.89. The van der Waals surface area contributed by atoms with Gasteiger partial charge in [0.1, 0.15) is 6.04 Å². The zero-order valence-corrected chi connectivity index (χ0v) is 9.56. The first-order valence-electron chi connectivity index (χ1n) is 5.26. The molecule has 1 unspecified atom stereocenters. The zero-order chi connectivity index (χ0) is 12.6. The standard InChI is InChI=1S/C12H12N2O3/c1-7(10(15)13-2)14-11(16)8-5-3-4-6-9(8)12(14)17/h3-7H,1-2H3,(H,13,15). The second kappa shape index (κ2) is 4.01. The number of carbonyl (C=O) groups is 3. The molecule has 5 heteroatoms. The van der Waals surface area contributed by atoms with Crippen molar-refractivity contribution in [2.24, 2.45) is 0 Å². The smallest absolute Gasteiger partial charge is 0.262 e. The monoisotopic (exact) mass is 232 g/mol. The van der Waals surface area contributed by atoms with Crippen LogP contribution in [0.25, 0.3) is 0 Å². The quantitative estimate of drug-likeness (QED) is 0.751. The van der Waals surface area contributed by atoms with E-state index in [9.17, 15) is 14.4 Å². The van der Waals surface area contributed by atoms with Crippen LogP contribution >= 0.6 is 0 Å². The summed E-state index contributed by atoms with van der Waals surface area (Å²) in [5.41, 5.74) is 0.710. The number of fused-ring (bicyclic) bond motifs is 1. The number of nitrogens with one attached hydrogen (secondary N) is 1. The minimum absolute atomic E-state index is 0.355. The van der Waals surface area contributed by atoms with Crippen LogP contribution in [0.2, 0.25) is 0 Å². The third-order valence-corrected chi connectivity index (χ3v) is 2.84. The SMILES string of the molecule is CNC(=O)C(C)N1C(=O)c2ccccc2C1=O. The third-order valence-electron chi connectivity index (χ3n) is 2.84. The van der Waals surface area contributed by atoms with E-state index >= 15 is 0 Å². The summed E-state index contributed by atoms with van der Waals surface area (Å²) in [4.78, 5) is 36.5. The van der Waals surface area contributed by atoms with E-state index < -0.39 is 17.9 Å². The van der Waals surface area contributed by atoms with Crippen molar-refractivity contribution in [1.82, 2.24) is 10.2 Å². The molecule has 0 radical (unpaired) electrons.